The van der Waals surface area contributed by atoms with Crippen LogP contribution in [0.25, 0.3) is 0 Å². The van der Waals surface area contributed by atoms with Crippen molar-refractivity contribution in [2.45, 2.75) is 38.6 Å². The van der Waals surface area contributed by atoms with Crippen LogP contribution in [0.4, 0.5) is 5.82 Å². The van der Waals surface area contributed by atoms with Crippen LogP contribution >= 0.6 is 0 Å². The van der Waals surface area contributed by atoms with E-state index in [0.717, 1.165) is 31.2 Å². The molecule has 2 heterocycles. The standard InChI is InChI=1S/C21H24N4O3/c26-19(11-13-24-20(27)16-8-4-5-9-17(16)21(24)28)23-18-10-12-22-25(18)14-15-6-2-1-3-7-15/h1-3,6-7,10,12,16-17H,4-5,8-9,11,13-14H2,(H,23,26). The molecule has 7 heteroatoms. The molecule has 28 heavy (non-hydrogen) atoms. The van der Waals surface area contributed by atoms with Crippen molar-refractivity contribution in [3.63, 3.8) is 0 Å². The van der Waals surface area contributed by atoms with Gasteiger partial charge in [0.1, 0.15) is 5.82 Å². The van der Waals surface area contributed by atoms with E-state index in [2.05, 4.69) is 10.4 Å². The van der Waals surface area contributed by atoms with Crippen LogP contribution < -0.4 is 5.32 Å². The summed E-state index contributed by atoms with van der Waals surface area (Å²) in [6, 6.07) is 11.6. The van der Waals surface area contributed by atoms with Gasteiger partial charge < -0.3 is 5.32 Å². The van der Waals surface area contributed by atoms with Crippen LogP contribution in [-0.4, -0.2) is 38.9 Å². The Morgan fingerprint density at radius 3 is 2.39 bits per heavy atom. The van der Waals surface area contributed by atoms with Gasteiger partial charge in [-0.3, -0.25) is 19.3 Å². The fourth-order valence-corrected chi connectivity index (χ4v) is 4.19. The van der Waals surface area contributed by atoms with Crippen LogP contribution in [0.1, 0.15) is 37.7 Å². The van der Waals surface area contributed by atoms with E-state index < -0.39 is 0 Å². The summed E-state index contributed by atoms with van der Waals surface area (Å²) in [5.74, 6) is -0.173. The molecule has 146 valence electrons. The molecule has 0 spiro atoms. The zero-order valence-corrected chi connectivity index (χ0v) is 15.7. The predicted octanol–water partition coefficient (Wildman–Crippen LogP) is 2.44. The van der Waals surface area contributed by atoms with Gasteiger partial charge in [-0.05, 0) is 18.4 Å². The third-order valence-corrected chi connectivity index (χ3v) is 5.65. The van der Waals surface area contributed by atoms with Crippen LogP contribution in [0.5, 0.6) is 0 Å². The fraction of sp³-hybridized carbons (Fsp3) is 0.429. The molecular weight excluding hydrogens is 356 g/mol. The van der Waals surface area contributed by atoms with Crippen molar-refractivity contribution in [1.82, 2.24) is 14.7 Å². The maximum atomic E-state index is 12.5. The summed E-state index contributed by atoms with van der Waals surface area (Å²) in [5, 5.41) is 7.10. The van der Waals surface area contributed by atoms with Crippen molar-refractivity contribution in [2.75, 3.05) is 11.9 Å². The van der Waals surface area contributed by atoms with Crippen molar-refractivity contribution in [3.8, 4) is 0 Å². The summed E-state index contributed by atoms with van der Waals surface area (Å²) in [5.41, 5.74) is 1.08. The molecule has 1 N–H and O–H groups in total. The van der Waals surface area contributed by atoms with Gasteiger partial charge in [-0.15, -0.1) is 0 Å². The fourth-order valence-electron chi connectivity index (χ4n) is 4.19. The second kappa shape index (κ2) is 7.96. The molecule has 2 aliphatic rings. The molecule has 3 amide bonds. The van der Waals surface area contributed by atoms with Crippen molar-refractivity contribution in [2.24, 2.45) is 11.8 Å². The Kier molecular flexibility index (Phi) is 5.23. The van der Waals surface area contributed by atoms with Crippen LogP contribution in [-0.2, 0) is 20.9 Å². The molecule has 4 rings (SSSR count). The Bertz CT molecular complexity index is 853. The number of imide groups is 1. The number of aromatic nitrogens is 2. The smallest absolute Gasteiger partial charge is 0.233 e. The molecule has 7 nitrogen and oxygen atoms in total. The quantitative estimate of drug-likeness (QED) is 0.780. The summed E-state index contributed by atoms with van der Waals surface area (Å²) in [7, 11) is 0. The van der Waals surface area contributed by atoms with Gasteiger partial charge in [0.25, 0.3) is 0 Å². The van der Waals surface area contributed by atoms with E-state index in [1.54, 1.807) is 16.9 Å². The zero-order chi connectivity index (χ0) is 19.5. The Morgan fingerprint density at radius 1 is 1.04 bits per heavy atom. The Morgan fingerprint density at radius 2 is 1.71 bits per heavy atom. The van der Waals surface area contributed by atoms with Crippen LogP contribution in [0.2, 0.25) is 0 Å². The molecule has 0 bridgehead atoms. The monoisotopic (exact) mass is 380 g/mol. The number of anilines is 1. The van der Waals surface area contributed by atoms with Gasteiger partial charge in [-0.25, -0.2) is 4.68 Å². The molecule has 0 radical (unpaired) electrons. The molecule has 2 fully saturated rings. The highest BCUT2D eigenvalue weighted by atomic mass is 16.2. The number of carbonyl (C=O) groups excluding carboxylic acids is 3. The largest absolute Gasteiger partial charge is 0.311 e. The lowest BCUT2D eigenvalue weighted by atomic mass is 9.81. The summed E-state index contributed by atoms with van der Waals surface area (Å²) in [4.78, 5) is 38.7. The van der Waals surface area contributed by atoms with Gasteiger partial charge in [-0.2, -0.15) is 5.10 Å². The van der Waals surface area contributed by atoms with Crippen molar-refractivity contribution < 1.29 is 14.4 Å². The normalized spacial score (nSPS) is 21.6. The van der Waals surface area contributed by atoms with E-state index in [9.17, 15) is 14.4 Å². The molecule has 1 aliphatic carbocycles. The van der Waals surface area contributed by atoms with E-state index in [0.29, 0.717) is 12.4 Å². The second-order valence-corrected chi connectivity index (χ2v) is 7.48. The van der Waals surface area contributed by atoms with E-state index in [-0.39, 0.29) is 42.5 Å². The van der Waals surface area contributed by atoms with Crippen molar-refractivity contribution >= 4 is 23.5 Å². The first kappa shape index (κ1) is 18.4. The summed E-state index contributed by atoms with van der Waals surface area (Å²) in [6.07, 6.45) is 5.30. The predicted molar refractivity (Wildman–Crippen MR) is 103 cm³/mol. The minimum Gasteiger partial charge on any atom is -0.311 e. The Labute approximate surface area is 163 Å². The third kappa shape index (κ3) is 3.69. The molecule has 2 aromatic rings. The molecule has 1 aromatic heterocycles. The number of nitrogens with zero attached hydrogens (tertiary/aromatic N) is 3. The van der Waals surface area contributed by atoms with Gasteiger partial charge in [0, 0.05) is 19.0 Å². The molecule has 1 saturated heterocycles. The van der Waals surface area contributed by atoms with Crippen molar-refractivity contribution in [1.29, 1.82) is 0 Å². The summed E-state index contributed by atoms with van der Waals surface area (Å²) in [6.45, 7) is 0.694. The SMILES string of the molecule is O=C(CCN1C(=O)C2CCCCC2C1=O)Nc1ccnn1Cc1ccccc1. The highest BCUT2D eigenvalue weighted by molar-refractivity contribution is 6.05. The molecule has 2 unspecified atom stereocenters. The Hall–Kier alpha value is -2.96. The lowest BCUT2D eigenvalue weighted by molar-refractivity contribution is -0.140. The number of nitrogens with one attached hydrogen (secondary N) is 1. The van der Waals surface area contributed by atoms with E-state index in [4.69, 9.17) is 0 Å². The van der Waals surface area contributed by atoms with Crippen LogP contribution in [0, 0.1) is 11.8 Å². The summed E-state index contributed by atoms with van der Waals surface area (Å²) >= 11 is 0. The number of fused-ring (bicyclic) bond motifs is 1. The molecule has 2 atom stereocenters. The number of hydrogen-bond acceptors (Lipinski definition) is 4. The van der Waals surface area contributed by atoms with E-state index in [1.165, 1.54) is 4.90 Å². The minimum atomic E-state index is -0.231. The zero-order valence-electron chi connectivity index (χ0n) is 15.7. The van der Waals surface area contributed by atoms with Gasteiger partial charge in [0.2, 0.25) is 17.7 Å². The average molecular weight is 380 g/mol. The maximum Gasteiger partial charge on any atom is 0.233 e. The van der Waals surface area contributed by atoms with Gasteiger partial charge in [0.05, 0.1) is 24.6 Å². The first-order chi connectivity index (χ1) is 13.6. The average Bonchev–Trinajstić information content (AvgIpc) is 3.24. The highest BCUT2D eigenvalue weighted by Gasteiger charge is 2.47. The van der Waals surface area contributed by atoms with Gasteiger partial charge in [0.15, 0.2) is 0 Å². The lowest BCUT2D eigenvalue weighted by Gasteiger charge is -2.19. The highest BCUT2D eigenvalue weighted by Crippen LogP contribution is 2.37. The molecule has 1 aliphatic heterocycles. The number of amides is 3. The maximum absolute atomic E-state index is 12.5. The topological polar surface area (TPSA) is 84.3 Å². The number of rotatable bonds is 6. The van der Waals surface area contributed by atoms with Gasteiger partial charge in [-0.1, -0.05) is 43.2 Å². The van der Waals surface area contributed by atoms with Crippen LogP contribution in [0.15, 0.2) is 42.6 Å². The lowest BCUT2D eigenvalue weighted by Crippen LogP contribution is -2.34. The molecular formula is C21H24N4O3. The molecule has 1 aromatic carbocycles. The first-order valence-electron chi connectivity index (χ1n) is 9.84. The van der Waals surface area contributed by atoms with Gasteiger partial charge >= 0.3 is 0 Å². The second-order valence-electron chi connectivity index (χ2n) is 7.48. The van der Waals surface area contributed by atoms with E-state index in [1.807, 2.05) is 30.3 Å². The number of benzene rings is 1. The number of likely N-dealkylation sites (tertiary alicyclic amines) is 1. The molecule has 1 saturated carbocycles. The van der Waals surface area contributed by atoms with E-state index >= 15 is 0 Å². The number of carbonyl (C=O) groups is 3. The van der Waals surface area contributed by atoms with Crippen LogP contribution in [0.3, 0.4) is 0 Å². The third-order valence-electron chi connectivity index (χ3n) is 5.65. The number of hydrogen-bond donors (Lipinski definition) is 1. The summed E-state index contributed by atoms with van der Waals surface area (Å²) < 4.78 is 1.72. The first-order valence-corrected chi connectivity index (χ1v) is 9.84. The van der Waals surface area contributed by atoms with Crippen molar-refractivity contribution in [3.05, 3.63) is 48.2 Å². The Balaban J connectivity index is 1.34. The minimum absolute atomic E-state index is 0.0907.